The molecule has 0 bridgehead atoms. The van der Waals surface area contributed by atoms with Crippen molar-refractivity contribution in [3.05, 3.63) is 87.1 Å². The van der Waals surface area contributed by atoms with Crippen molar-refractivity contribution in [1.29, 1.82) is 0 Å². The number of hydrogen-bond donors (Lipinski definition) is 2. The highest BCUT2D eigenvalue weighted by molar-refractivity contribution is 6.31. The molecule has 0 spiro atoms. The molecule has 2 unspecified atom stereocenters. The molecule has 5 rings (SSSR count). The number of rotatable bonds is 3. The molecule has 2 N–H and O–H groups in total. The van der Waals surface area contributed by atoms with Crippen LogP contribution in [-0.4, -0.2) is 20.8 Å². The number of halogens is 6. The predicted molar refractivity (Wildman–Crippen MR) is 122 cm³/mol. The topological polar surface area (TPSA) is 67.2 Å². The van der Waals surface area contributed by atoms with Gasteiger partial charge in [0.2, 0.25) is 0 Å². The van der Waals surface area contributed by atoms with Gasteiger partial charge in [-0.2, -0.15) is 18.3 Å². The molecule has 1 aliphatic rings. The van der Waals surface area contributed by atoms with Crippen molar-refractivity contribution in [2.24, 2.45) is 7.05 Å². The summed E-state index contributed by atoms with van der Waals surface area (Å²) in [6.45, 7) is 1.47. The number of alkyl halides is 3. The Kier molecular flexibility index (Phi) is 5.57. The van der Waals surface area contributed by atoms with Gasteiger partial charge in [0.05, 0.1) is 29.0 Å². The van der Waals surface area contributed by atoms with Gasteiger partial charge >= 0.3 is 6.18 Å². The molecule has 3 aromatic carbocycles. The maximum Gasteiger partial charge on any atom is 0.416 e. The predicted octanol–water partition coefficient (Wildman–Crippen LogP) is 6.08. The zero-order valence-corrected chi connectivity index (χ0v) is 19.5. The molecule has 1 aromatic heterocycles. The number of benzene rings is 3. The second-order valence-electron chi connectivity index (χ2n) is 8.59. The summed E-state index contributed by atoms with van der Waals surface area (Å²) in [4.78, 5) is 13.2. The lowest BCUT2D eigenvalue weighted by atomic mass is 9.87. The number of amides is 1. The number of aliphatic hydroxyl groups excluding tert-OH is 1. The van der Waals surface area contributed by atoms with Crippen molar-refractivity contribution in [1.82, 2.24) is 15.1 Å². The molecule has 2 heterocycles. The number of carbonyl (C=O) groups excluding carboxylic acids is 1. The molecule has 36 heavy (non-hydrogen) atoms. The summed E-state index contributed by atoms with van der Waals surface area (Å²) in [5.41, 5.74) is -0.429. The van der Waals surface area contributed by atoms with Crippen LogP contribution in [0.4, 0.5) is 22.0 Å². The number of aliphatic hydroxyl groups is 1. The number of hydrogen-bond acceptors (Lipinski definition) is 3. The van der Waals surface area contributed by atoms with Gasteiger partial charge in [-0.05, 0) is 60.5 Å². The second kappa shape index (κ2) is 8.28. The van der Waals surface area contributed by atoms with Crippen LogP contribution in [0, 0.1) is 11.6 Å². The Labute approximate surface area is 206 Å². The monoisotopic (exact) mass is 521 g/mol. The minimum absolute atomic E-state index is 0.0214. The summed E-state index contributed by atoms with van der Waals surface area (Å²) in [6.07, 6.45) is -5.87. The average molecular weight is 522 g/mol. The first kappa shape index (κ1) is 24.2. The van der Waals surface area contributed by atoms with Gasteiger partial charge in [0.25, 0.3) is 5.91 Å². The van der Waals surface area contributed by atoms with E-state index in [1.54, 1.807) is 7.05 Å². The molecule has 0 saturated carbocycles. The Balaban J connectivity index is 1.91. The first-order valence-electron chi connectivity index (χ1n) is 10.7. The van der Waals surface area contributed by atoms with Crippen LogP contribution in [0.2, 0.25) is 5.02 Å². The molecule has 1 aliphatic heterocycles. The molecule has 0 radical (unpaired) electrons. The number of nitrogens with zero attached hydrogens (tertiary/aromatic N) is 2. The molecule has 5 nitrogen and oxygen atoms in total. The third kappa shape index (κ3) is 3.81. The number of fused-ring (bicyclic) bond motifs is 3. The van der Waals surface area contributed by atoms with E-state index in [0.717, 1.165) is 24.3 Å². The van der Waals surface area contributed by atoms with Crippen LogP contribution in [-0.2, 0) is 13.2 Å². The molecular weight excluding hydrogens is 505 g/mol. The molecule has 0 saturated heterocycles. The fourth-order valence-electron chi connectivity index (χ4n) is 4.78. The summed E-state index contributed by atoms with van der Waals surface area (Å²) in [5.74, 6) is -2.39. The van der Waals surface area contributed by atoms with Gasteiger partial charge in [-0.3, -0.25) is 9.48 Å². The smallest absolute Gasteiger partial charge is 0.387 e. The summed E-state index contributed by atoms with van der Waals surface area (Å²) in [7, 11) is 1.55. The van der Waals surface area contributed by atoms with Crippen molar-refractivity contribution in [2.45, 2.75) is 25.2 Å². The van der Waals surface area contributed by atoms with E-state index in [2.05, 4.69) is 10.4 Å². The Hall–Kier alpha value is -3.50. The van der Waals surface area contributed by atoms with Crippen molar-refractivity contribution < 1.29 is 31.9 Å². The van der Waals surface area contributed by atoms with Gasteiger partial charge in [-0.25, -0.2) is 8.78 Å². The third-order valence-electron chi connectivity index (χ3n) is 6.21. The van der Waals surface area contributed by atoms with Gasteiger partial charge in [0, 0.05) is 28.6 Å². The van der Waals surface area contributed by atoms with E-state index >= 15 is 0 Å². The van der Waals surface area contributed by atoms with E-state index in [1.165, 1.54) is 23.7 Å². The standard InChI is InChI=1S/C25H17ClF5N3O2/c1-10(35)23-17-9-15(11-5-12(25(29,30)31)7-14(28)6-11)19-20(22(17)33-34(23)2)24(36)32-21(19)16-8-13(27)3-4-18(16)26/h3-10,21,35H,1-2H3,(H,32,36). The highest BCUT2D eigenvalue weighted by Crippen LogP contribution is 2.45. The fourth-order valence-corrected chi connectivity index (χ4v) is 5.01. The van der Waals surface area contributed by atoms with Gasteiger partial charge in [-0.1, -0.05) is 11.6 Å². The zero-order valence-electron chi connectivity index (χ0n) is 18.7. The summed E-state index contributed by atoms with van der Waals surface area (Å²) in [6, 6.07) is 6.01. The normalized spacial score (nSPS) is 16.4. The van der Waals surface area contributed by atoms with Crippen LogP contribution in [0.15, 0.2) is 42.5 Å². The van der Waals surface area contributed by atoms with Crippen LogP contribution in [0.1, 0.15) is 51.8 Å². The Morgan fingerprint density at radius 1 is 1.11 bits per heavy atom. The van der Waals surface area contributed by atoms with Crippen LogP contribution >= 0.6 is 11.6 Å². The lowest BCUT2D eigenvalue weighted by molar-refractivity contribution is -0.137. The summed E-state index contributed by atoms with van der Waals surface area (Å²) in [5, 5.41) is 17.8. The molecule has 186 valence electrons. The fraction of sp³-hybridized carbons (Fsp3) is 0.200. The van der Waals surface area contributed by atoms with Crippen LogP contribution in [0.3, 0.4) is 0 Å². The van der Waals surface area contributed by atoms with Gasteiger partial charge in [0.15, 0.2) is 0 Å². The second-order valence-corrected chi connectivity index (χ2v) is 9.00. The van der Waals surface area contributed by atoms with Crippen LogP contribution < -0.4 is 5.32 Å². The van der Waals surface area contributed by atoms with Gasteiger partial charge in [-0.15, -0.1) is 0 Å². The third-order valence-corrected chi connectivity index (χ3v) is 6.55. The number of nitrogens with one attached hydrogen (secondary N) is 1. The van der Waals surface area contributed by atoms with Gasteiger partial charge in [0.1, 0.15) is 17.2 Å². The minimum Gasteiger partial charge on any atom is -0.387 e. The van der Waals surface area contributed by atoms with E-state index in [0.29, 0.717) is 17.1 Å². The lowest BCUT2D eigenvalue weighted by Crippen LogP contribution is -2.20. The van der Waals surface area contributed by atoms with E-state index < -0.39 is 41.4 Å². The molecule has 1 amide bonds. The highest BCUT2D eigenvalue weighted by Gasteiger charge is 2.38. The Bertz CT molecular complexity index is 1560. The number of carbonyl (C=O) groups is 1. The molecular formula is C25H17ClF5N3O2. The maximum absolute atomic E-state index is 14.4. The molecule has 4 aromatic rings. The van der Waals surface area contributed by atoms with Crippen molar-refractivity contribution in [3.63, 3.8) is 0 Å². The van der Waals surface area contributed by atoms with E-state index in [9.17, 15) is 31.9 Å². The lowest BCUT2D eigenvalue weighted by Gasteiger charge is -2.19. The minimum atomic E-state index is -4.83. The SMILES string of the molecule is CC(O)c1c2cc(-c3cc(F)cc(C(F)(F)F)c3)c3c(c2nn1C)C(=O)NC3c1cc(F)ccc1Cl. The average Bonchev–Trinajstić information content (AvgIpc) is 3.30. The number of aryl methyl sites for hydroxylation is 1. The zero-order chi connectivity index (χ0) is 26.1. The summed E-state index contributed by atoms with van der Waals surface area (Å²) >= 11 is 6.31. The molecule has 11 heteroatoms. The first-order valence-corrected chi connectivity index (χ1v) is 11.1. The van der Waals surface area contributed by atoms with Crippen LogP contribution in [0.25, 0.3) is 22.0 Å². The quantitative estimate of drug-likeness (QED) is 0.321. The van der Waals surface area contributed by atoms with Crippen molar-refractivity contribution in [3.8, 4) is 11.1 Å². The molecule has 0 fully saturated rings. The summed E-state index contributed by atoms with van der Waals surface area (Å²) < 4.78 is 70.5. The first-order chi connectivity index (χ1) is 16.9. The Morgan fingerprint density at radius 3 is 2.50 bits per heavy atom. The molecule has 0 aliphatic carbocycles. The van der Waals surface area contributed by atoms with Gasteiger partial charge < -0.3 is 10.4 Å². The van der Waals surface area contributed by atoms with E-state index in [4.69, 9.17) is 11.6 Å². The maximum atomic E-state index is 14.4. The van der Waals surface area contributed by atoms with Crippen LogP contribution in [0.5, 0.6) is 0 Å². The largest absolute Gasteiger partial charge is 0.416 e. The van der Waals surface area contributed by atoms with E-state index in [-0.39, 0.29) is 38.4 Å². The van der Waals surface area contributed by atoms with Crippen molar-refractivity contribution in [2.75, 3.05) is 0 Å². The Morgan fingerprint density at radius 2 is 1.83 bits per heavy atom. The highest BCUT2D eigenvalue weighted by atomic mass is 35.5. The molecule has 2 atom stereocenters. The number of aromatic nitrogens is 2. The van der Waals surface area contributed by atoms with E-state index in [1.807, 2.05) is 0 Å². The van der Waals surface area contributed by atoms with Crippen molar-refractivity contribution >= 4 is 28.4 Å².